The monoisotopic (exact) mass is 462 g/mol. The molecule has 2 aromatic rings. The topological polar surface area (TPSA) is 85.6 Å². The summed E-state index contributed by atoms with van der Waals surface area (Å²) in [7, 11) is 0. The van der Waals surface area contributed by atoms with Gasteiger partial charge in [-0.1, -0.05) is 46.3 Å². The Labute approximate surface area is 183 Å². The van der Waals surface area contributed by atoms with E-state index in [0.29, 0.717) is 41.3 Å². The number of halogens is 1. The zero-order valence-electron chi connectivity index (χ0n) is 16.2. The third-order valence-corrected chi connectivity index (χ3v) is 5.68. The fourth-order valence-electron chi connectivity index (χ4n) is 3.68. The van der Waals surface area contributed by atoms with Gasteiger partial charge in [-0.3, -0.25) is 9.59 Å². The fraction of sp³-hybridized carbons (Fsp3) is 0.217. The van der Waals surface area contributed by atoms with Crippen LogP contribution in [0.3, 0.4) is 0 Å². The summed E-state index contributed by atoms with van der Waals surface area (Å²) >= 11 is 3.36. The maximum absolute atomic E-state index is 13.0. The van der Waals surface area contributed by atoms with E-state index in [4.69, 9.17) is 0 Å². The Morgan fingerprint density at radius 1 is 1.03 bits per heavy atom. The first-order valence-electron chi connectivity index (χ1n) is 9.77. The van der Waals surface area contributed by atoms with Crippen LogP contribution in [-0.4, -0.2) is 35.6 Å². The molecule has 0 radical (unpaired) electrons. The minimum atomic E-state index is -0.313. The lowest BCUT2D eigenvalue weighted by atomic mass is 10.0. The summed E-state index contributed by atoms with van der Waals surface area (Å²) in [5.41, 5.74) is 2.16. The minimum absolute atomic E-state index is 0.0102. The number of likely N-dealkylation sites (tertiary alicyclic amines) is 1. The summed E-state index contributed by atoms with van der Waals surface area (Å²) in [6, 6.07) is 16.4. The molecule has 7 heteroatoms. The average Bonchev–Trinajstić information content (AvgIpc) is 3.13. The SMILES string of the molecule is N#CC(C(=O)N1CCCCC1)=C1N=C(NC(=O)c2cccc(Br)c2)c2ccccc21. The van der Waals surface area contributed by atoms with Gasteiger partial charge in [0.15, 0.2) is 0 Å². The van der Waals surface area contributed by atoms with E-state index in [2.05, 4.69) is 32.3 Å². The van der Waals surface area contributed by atoms with Gasteiger partial charge < -0.3 is 10.2 Å². The molecule has 2 aliphatic rings. The summed E-state index contributed by atoms with van der Waals surface area (Å²) in [5, 5.41) is 12.6. The largest absolute Gasteiger partial charge is 0.338 e. The molecule has 1 saturated heterocycles. The van der Waals surface area contributed by atoms with Crippen molar-refractivity contribution in [1.82, 2.24) is 10.2 Å². The normalized spacial score (nSPS) is 16.9. The van der Waals surface area contributed by atoms with Gasteiger partial charge in [-0.2, -0.15) is 5.26 Å². The molecule has 0 bridgehead atoms. The first-order valence-corrected chi connectivity index (χ1v) is 10.6. The Kier molecular flexibility index (Phi) is 5.77. The molecule has 2 aromatic carbocycles. The number of hydrogen-bond donors (Lipinski definition) is 1. The predicted molar refractivity (Wildman–Crippen MR) is 118 cm³/mol. The molecule has 0 atom stereocenters. The minimum Gasteiger partial charge on any atom is -0.338 e. The molecule has 1 fully saturated rings. The van der Waals surface area contributed by atoms with Crippen molar-refractivity contribution in [3.8, 4) is 6.07 Å². The first kappa shape index (κ1) is 20.0. The van der Waals surface area contributed by atoms with E-state index in [-0.39, 0.29) is 17.4 Å². The third-order valence-electron chi connectivity index (χ3n) is 5.19. The van der Waals surface area contributed by atoms with Gasteiger partial charge in [0, 0.05) is 34.3 Å². The molecule has 0 unspecified atom stereocenters. The van der Waals surface area contributed by atoms with Crippen molar-refractivity contribution in [2.45, 2.75) is 19.3 Å². The summed E-state index contributed by atoms with van der Waals surface area (Å²) in [6.07, 6.45) is 2.97. The Morgan fingerprint density at radius 2 is 1.77 bits per heavy atom. The van der Waals surface area contributed by atoms with Crippen LogP contribution in [0, 0.1) is 11.3 Å². The van der Waals surface area contributed by atoms with Crippen molar-refractivity contribution < 1.29 is 9.59 Å². The number of nitrogens with one attached hydrogen (secondary N) is 1. The van der Waals surface area contributed by atoms with E-state index in [1.807, 2.05) is 30.3 Å². The van der Waals surface area contributed by atoms with Crippen molar-refractivity contribution in [1.29, 1.82) is 5.26 Å². The molecule has 0 aliphatic carbocycles. The standard InChI is InChI=1S/C23H19BrN4O2/c24-16-8-6-7-15(13-16)22(29)27-21-18-10-3-2-9-17(18)20(26-21)19(14-25)23(30)28-11-4-1-5-12-28/h2-3,6-10,13H,1,4-5,11-12H2,(H,26,27,29). The van der Waals surface area contributed by atoms with Crippen LogP contribution < -0.4 is 5.32 Å². The summed E-state index contributed by atoms with van der Waals surface area (Å²) in [6.45, 7) is 1.30. The zero-order chi connectivity index (χ0) is 21.1. The number of benzene rings is 2. The second kappa shape index (κ2) is 8.64. The molecule has 2 aliphatic heterocycles. The van der Waals surface area contributed by atoms with Gasteiger partial charge in [0.25, 0.3) is 11.8 Å². The van der Waals surface area contributed by atoms with Crippen LogP contribution in [0.1, 0.15) is 40.7 Å². The van der Waals surface area contributed by atoms with E-state index in [1.54, 1.807) is 23.1 Å². The molecule has 6 nitrogen and oxygen atoms in total. The molecule has 30 heavy (non-hydrogen) atoms. The Bertz CT molecular complexity index is 1120. The molecule has 0 spiro atoms. The smallest absolute Gasteiger partial charge is 0.266 e. The number of aliphatic imine (C=N–C) groups is 1. The van der Waals surface area contributed by atoms with Crippen LogP contribution in [-0.2, 0) is 4.79 Å². The van der Waals surface area contributed by atoms with Crippen LogP contribution in [0.15, 0.2) is 63.6 Å². The number of amides is 2. The number of fused-ring (bicyclic) bond motifs is 1. The third kappa shape index (κ3) is 3.91. The molecule has 150 valence electrons. The Morgan fingerprint density at radius 3 is 2.47 bits per heavy atom. The van der Waals surface area contributed by atoms with Gasteiger partial charge in [-0.15, -0.1) is 0 Å². The highest BCUT2D eigenvalue weighted by Gasteiger charge is 2.29. The number of carbonyl (C=O) groups is 2. The van der Waals surface area contributed by atoms with Crippen LogP contribution in [0.2, 0.25) is 0 Å². The molecule has 0 aromatic heterocycles. The lowest BCUT2D eigenvalue weighted by molar-refractivity contribution is -0.127. The van der Waals surface area contributed by atoms with Crippen molar-refractivity contribution >= 4 is 39.3 Å². The van der Waals surface area contributed by atoms with Gasteiger partial charge in [0.2, 0.25) is 0 Å². The van der Waals surface area contributed by atoms with Crippen molar-refractivity contribution in [2.24, 2.45) is 4.99 Å². The van der Waals surface area contributed by atoms with Crippen molar-refractivity contribution in [2.75, 3.05) is 13.1 Å². The van der Waals surface area contributed by atoms with Crippen molar-refractivity contribution in [3.63, 3.8) is 0 Å². The van der Waals surface area contributed by atoms with Crippen LogP contribution in [0.5, 0.6) is 0 Å². The molecular formula is C23H19BrN4O2. The van der Waals surface area contributed by atoms with Gasteiger partial charge in [0.1, 0.15) is 17.5 Å². The lowest BCUT2D eigenvalue weighted by Gasteiger charge is -2.26. The highest BCUT2D eigenvalue weighted by atomic mass is 79.9. The lowest BCUT2D eigenvalue weighted by Crippen LogP contribution is -2.36. The molecular weight excluding hydrogens is 444 g/mol. The highest BCUT2D eigenvalue weighted by molar-refractivity contribution is 9.10. The molecule has 0 saturated carbocycles. The van der Waals surface area contributed by atoms with Gasteiger partial charge in [-0.25, -0.2) is 4.99 Å². The number of rotatable bonds is 2. The molecule has 2 heterocycles. The van der Waals surface area contributed by atoms with Gasteiger partial charge in [0.05, 0.1) is 5.70 Å². The van der Waals surface area contributed by atoms with E-state index < -0.39 is 0 Å². The summed E-state index contributed by atoms with van der Waals surface area (Å²) in [5.74, 6) is -0.276. The van der Waals surface area contributed by atoms with Crippen LogP contribution in [0.4, 0.5) is 0 Å². The number of amidine groups is 1. The van der Waals surface area contributed by atoms with Crippen molar-refractivity contribution in [3.05, 3.63) is 75.3 Å². The van der Waals surface area contributed by atoms with E-state index in [0.717, 1.165) is 23.7 Å². The second-order valence-corrected chi connectivity index (χ2v) is 8.07. The van der Waals surface area contributed by atoms with Gasteiger partial charge >= 0.3 is 0 Å². The zero-order valence-corrected chi connectivity index (χ0v) is 17.8. The molecule has 4 rings (SSSR count). The number of hydrogen-bond acceptors (Lipinski definition) is 4. The second-order valence-electron chi connectivity index (χ2n) is 7.16. The molecule has 2 amide bonds. The van der Waals surface area contributed by atoms with Crippen LogP contribution >= 0.6 is 15.9 Å². The first-order chi connectivity index (χ1) is 14.6. The number of nitriles is 1. The predicted octanol–water partition coefficient (Wildman–Crippen LogP) is 3.89. The highest BCUT2D eigenvalue weighted by Crippen LogP contribution is 2.31. The van der Waals surface area contributed by atoms with E-state index in [1.165, 1.54) is 0 Å². The fourth-order valence-corrected chi connectivity index (χ4v) is 4.08. The number of carbonyl (C=O) groups excluding carboxylic acids is 2. The molecule has 1 N–H and O–H groups in total. The Hall–Kier alpha value is -3.24. The summed E-state index contributed by atoms with van der Waals surface area (Å²) < 4.78 is 0.795. The maximum Gasteiger partial charge on any atom is 0.266 e. The van der Waals surface area contributed by atoms with Crippen LogP contribution in [0.25, 0.3) is 5.70 Å². The average molecular weight is 463 g/mol. The summed E-state index contributed by atoms with van der Waals surface area (Å²) in [4.78, 5) is 31.9. The van der Waals surface area contributed by atoms with Gasteiger partial charge in [-0.05, 0) is 37.5 Å². The van der Waals surface area contributed by atoms with E-state index in [9.17, 15) is 14.9 Å². The number of piperidine rings is 1. The van der Waals surface area contributed by atoms with E-state index >= 15 is 0 Å². The number of nitrogens with zero attached hydrogens (tertiary/aromatic N) is 3. The maximum atomic E-state index is 13.0. The quantitative estimate of drug-likeness (QED) is 0.542. The Balaban J connectivity index is 1.71.